The minimum Gasteiger partial charge on any atom is -0.508 e. The van der Waals surface area contributed by atoms with Crippen LogP contribution in [0.25, 0.3) is 0 Å². The Morgan fingerprint density at radius 3 is 2.25 bits per heavy atom. The Balaban J connectivity index is 0.683. The van der Waals surface area contributed by atoms with Crippen molar-refractivity contribution in [3.63, 3.8) is 0 Å². The molecule has 5 amide bonds. The molecule has 0 spiro atoms. The number of anilines is 2. The highest BCUT2D eigenvalue weighted by molar-refractivity contribution is 6.23. The number of rotatable bonds is 21. The normalized spacial score (nSPS) is 20.3. The van der Waals surface area contributed by atoms with Crippen LogP contribution in [0.4, 0.5) is 11.4 Å². The average molecular weight is 819 g/mol. The van der Waals surface area contributed by atoms with E-state index in [0.717, 1.165) is 81.6 Å². The number of piperidine rings is 1. The van der Waals surface area contributed by atoms with E-state index in [1.54, 1.807) is 42.5 Å². The van der Waals surface area contributed by atoms with Gasteiger partial charge in [-0.25, -0.2) is 0 Å². The number of nitrogens with one attached hydrogen (secondary N) is 3. The number of aromatic hydroxyl groups is 1. The van der Waals surface area contributed by atoms with Gasteiger partial charge in [-0.2, -0.15) is 0 Å². The van der Waals surface area contributed by atoms with Crippen molar-refractivity contribution in [3.8, 4) is 5.75 Å². The van der Waals surface area contributed by atoms with Crippen LogP contribution < -0.4 is 20.9 Å². The molecule has 4 heterocycles. The lowest BCUT2D eigenvalue weighted by Crippen LogP contribution is -2.54. The van der Waals surface area contributed by atoms with E-state index in [2.05, 4.69) is 50.0 Å². The van der Waals surface area contributed by atoms with Gasteiger partial charge in [-0.3, -0.25) is 34.2 Å². The summed E-state index contributed by atoms with van der Waals surface area (Å²) in [5.41, 5.74) is 4.26. The van der Waals surface area contributed by atoms with Gasteiger partial charge in [0.05, 0.1) is 11.1 Å². The highest BCUT2D eigenvalue weighted by atomic mass is 16.3. The van der Waals surface area contributed by atoms with Gasteiger partial charge >= 0.3 is 0 Å². The van der Waals surface area contributed by atoms with Gasteiger partial charge in [-0.15, -0.1) is 0 Å². The first-order chi connectivity index (χ1) is 29.2. The van der Waals surface area contributed by atoms with Gasteiger partial charge in [0, 0.05) is 68.0 Å². The smallest absolute Gasteiger partial charge is 0.262 e. The number of hydrogen-bond donors (Lipinski definition) is 5. The average Bonchev–Trinajstić information content (AvgIpc) is 3.92. The largest absolute Gasteiger partial charge is 0.508 e. The number of aliphatic hydroxyl groups excluding tert-OH is 1. The summed E-state index contributed by atoms with van der Waals surface area (Å²) in [6.07, 6.45) is 15.4. The van der Waals surface area contributed by atoms with Crippen molar-refractivity contribution in [2.45, 2.75) is 114 Å². The first kappa shape index (κ1) is 42.4. The summed E-state index contributed by atoms with van der Waals surface area (Å²) in [6, 6.07) is 20.5. The maximum atomic E-state index is 13.0. The molecule has 0 aromatic heterocycles. The zero-order chi connectivity index (χ0) is 42.0. The van der Waals surface area contributed by atoms with Crippen molar-refractivity contribution in [3.05, 3.63) is 101 Å². The van der Waals surface area contributed by atoms with E-state index in [4.69, 9.17) is 0 Å². The number of aliphatic hydroxyl groups is 1. The maximum absolute atomic E-state index is 13.0. The van der Waals surface area contributed by atoms with Gasteiger partial charge in [0.1, 0.15) is 17.9 Å². The zero-order valence-electron chi connectivity index (χ0n) is 34.3. The number of piperazine rings is 1. The lowest BCUT2D eigenvalue weighted by atomic mass is 10.0. The highest BCUT2D eigenvalue weighted by Gasteiger charge is 2.45. The van der Waals surface area contributed by atoms with Gasteiger partial charge in [0.25, 0.3) is 11.8 Å². The first-order valence-electron chi connectivity index (χ1n) is 21.8. The van der Waals surface area contributed by atoms with Crippen molar-refractivity contribution in [2.24, 2.45) is 0 Å². The molecule has 0 radical (unpaired) electrons. The zero-order valence-corrected chi connectivity index (χ0v) is 34.3. The van der Waals surface area contributed by atoms with Gasteiger partial charge in [0.15, 0.2) is 0 Å². The van der Waals surface area contributed by atoms with Crippen molar-refractivity contribution in [1.82, 2.24) is 20.4 Å². The van der Waals surface area contributed by atoms with E-state index in [9.17, 15) is 34.2 Å². The van der Waals surface area contributed by atoms with Crippen LogP contribution in [0.2, 0.25) is 0 Å². The number of para-hydroxylation sites is 1. The molecular weight excluding hydrogens is 761 g/mol. The summed E-state index contributed by atoms with van der Waals surface area (Å²) >= 11 is 0. The topological polar surface area (TPSA) is 172 Å². The molecule has 2 bridgehead atoms. The molecule has 2 unspecified atom stereocenters. The molecule has 4 aliphatic heterocycles. The Morgan fingerprint density at radius 2 is 1.53 bits per heavy atom. The van der Waals surface area contributed by atoms with Gasteiger partial charge in [0.2, 0.25) is 17.7 Å². The highest BCUT2D eigenvalue weighted by Crippen LogP contribution is 2.36. The lowest BCUT2D eigenvalue weighted by molar-refractivity contribution is -0.136. The van der Waals surface area contributed by atoms with E-state index >= 15 is 0 Å². The van der Waals surface area contributed by atoms with Crippen molar-refractivity contribution in [2.75, 3.05) is 36.4 Å². The van der Waals surface area contributed by atoms with Crippen LogP contribution in [0.1, 0.15) is 121 Å². The SMILES string of the molecule is O=C(CCCCCCCCCCCNc1ccc2c(c1)C(=O)N(C1CCC(=O)NC1=O)C2=O)NCCc1ccc(N2C[C@@H]3C[C@H]2CN3/C=C/C(O)c2ccccc2O)cc1. The summed E-state index contributed by atoms with van der Waals surface area (Å²) in [4.78, 5) is 67.9. The Morgan fingerprint density at radius 1 is 0.817 bits per heavy atom. The minimum atomic E-state index is -0.964. The Bertz CT molecular complexity index is 2050. The van der Waals surface area contributed by atoms with Crippen LogP contribution in [0.5, 0.6) is 5.75 Å². The molecule has 4 aliphatic rings. The third kappa shape index (κ3) is 10.4. The summed E-state index contributed by atoms with van der Waals surface area (Å²) in [5.74, 6) is -1.78. The molecule has 0 aliphatic carbocycles. The van der Waals surface area contributed by atoms with Crippen molar-refractivity contribution >= 4 is 40.9 Å². The minimum absolute atomic E-state index is 0.0948. The molecule has 3 aromatic carbocycles. The first-order valence-corrected chi connectivity index (χ1v) is 21.8. The molecule has 3 aromatic rings. The van der Waals surface area contributed by atoms with Crippen LogP contribution in [0.15, 0.2) is 79.0 Å². The second-order valence-corrected chi connectivity index (χ2v) is 16.6. The number of unbranched alkanes of at least 4 members (excludes halogenated alkanes) is 8. The van der Waals surface area contributed by atoms with Crippen molar-refractivity contribution < 1.29 is 34.2 Å². The van der Waals surface area contributed by atoms with Gasteiger partial charge < -0.3 is 30.6 Å². The van der Waals surface area contributed by atoms with Gasteiger partial charge in [-0.05, 0) is 86.3 Å². The predicted molar refractivity (Wildman–Crippen MR) is 229 cm³/mol. The van der Waals surface area contributed by atoms with Crippen LogP contribution >= 0.6 is 0 Å². The number of carbonyl (C=O) groups excluding carboxylic acids is 5. The van der Waals surface area contributed by atoms with E-state index < -0.39 is 35.8 Å². The third-order valence-electron chi connectivity index (χ3n) is 12.4. The number of benzene rings is 3. The standard InChI is InChI=1S/C47H58N6O7/c54-41-13-10-9-12-38(41)42(55)24-27-51-30-36-29-35(51)31-52(36)34-18-15-32(16-19-34)23-26-49-43(56)14-8-6-4-2-1-3-5-7-11-25-48-33-17-20-37-39(28-33)47(60)53(46(37)59)40-21-22-44(57)50-45(40)58/h9-10,12-13,15-20,24,27-28,35-36,40,42,48,54-55H,1-8,11,14,21-23,25-26,29-31H2,(H,49,56)(H,50,57,58)/b27-24+/t35-,36-,40?,42?/m0/s1. The molecule has 4 atom stereocenters. The monoisotopic (exact) mass is 818 g/mol. The number of imide groups is 2. The fraction of sp³-hybridized carbons (Fsp3) is 0.468. The number of phenolic OH excluding ortho intramolecular Hbond substituents is 1. The lowest BCUT2D eigenvalue weighted by Gasteiger charge is -2.35. The molecule has 13 heteroatoms. The molecule has 0 saturated carbocycles. The molecule has 318 valence electrons. The molecule has 5 N–H and O–H groups in total. The number of phenols is 1. The molecular formula is C47H58N6O7. The summed E-state index contributed by atoms with van der Waals surface area (Å²) in [6.45, 7) is 3.22. The fourth-order valence-electron chi connectivity index (χ4n) is 8.98. The van der Waals surface area contributed by atoms with E-state index in [1.165, 1.54) is 30.5 Å². The Labute approximate surface area is 352 Å². The third-order valence-corrected chi connectivity index (χ3v) is 12.4. The van der Waals surface area contributed by atoms with E-state index in [-0.39, 0.29) is 35.6 Å². The van der Waals surface area contributed by atoms with Crippen LogP contribution in [-0.2, 0) is 20.8 Å². The number of hydrogen-bond acceptors (Lipinski definition) is 10. The molecule has 7 rings (SSSR count). The molecule has 3 fully saturated rings. The number of nitrogens with zero attached hydrogens (tertiary/aromatic N) is 3. The Hall–Kier alpha value is -5.69. The quantitative estimate of drug-likeness (QED) is 0.0637. The van der Waals surface area contributed by atoms with Crippen LogP contribution in [-0.4, -0.2) is 93.9 Å². The van der Waals surface area contributed by atoms with Crippen LogP contribution in [0.3, 0.4) is 0 Å². The van der Waals surface area contributed by atoms with E-state index in [1.807, 2.05) is 12.3 Å². The predicted octanol–water partition coefficient (Wildman–Crippen LogP) is 5.98. The second-order valence-electron chi connectivity index (χ2n) is 16.6. The number of amides is 5. The maximum Gasteiger partial charge on any atom is 0.262 e. The van der Waals surface area contributed by atoms with Crippen molar-refractivity contribution in [1.29, 1.82) is 0 Å². The fourth-order valence-corrected chi connectivity index (χ4v) is 8.98. The molecule has 13 nitrogen and oxygen atoms in total. The second kappa shape index (κ2) is 20.0. The molecule has 60 heavy (non-hydrogen) atoms. The van der Waals surface area contributed by atoms with E-state index in [0.29, 0.717) is 30.6 Å². The number of fused-ring (bicyclic) bond motifs is 3. The summed E-state index contributed by atoms with van der Waals surface area (Å²) in [5, 5.41) is 29.2. The van der Waals surface area contributed by atoms with Gasteiger partial charge in [-0.1, -0.05) is 75.3 Å². The Kier molecular flexibility index (Phi) is 14.2. The summed E-state index contributed by atoms with van der Waals surface area (Å²) in [7, 11) is 0. The number of likely N-dealkylation sites (tertiary alicyclic amines) is 1. The number of carbonyl (C=O) groups is 5. The molecule has 3 saturated heterocycles. The van der Waals surface area contributed by atoms with Crippen LogP contribution in [0, 0.1) is 0 Å². The summed E-state index contributed by atoms with van der Waals surface area (Å²) < 4.78 is 0.